The van der Waals surface area contributed by atoms with Crippen LogP contribution in [0.15, 0.2) is 34.9 Å². The molecule has 0 bridgehead atoms. The Morgan fingerprint density at radius 3 is 2.65 bits per heavy atom. The highest BCUT2D eigenvalue weighted by Gasteiger charge is 2.16. The van der Waals surface area contributed by atoms with Crippen LogP contribution in [0, 0.1) is 13.8 Å². The number of aliphatic hydroxyl groups is 1. The first-order chi connectivity index (χ1) is 11.1. The van der Waals surface area contributed by atoms with E-state index in [1.54, 1.807) is 0 Å². The molecule has 0 saturated heterocycles. The molecule has 1 atom stereocenters. The van der Waals surface area contributed by atoms with Crippen LogP contribution in [0.1, 0.15) is 47.9 Å². The number of amides is 1. The van der Waals surface area contributed by atoms with Crippen LogP contribution >= 0.6 is 0 Å². The van der Waals surface area contributed by atoms with E-state index < -0.39 is 0 Å². The number of carbonyl (C=O) groups is 1. The summed E-state index contributed by atoms with van der Waals surface area (Å²) in [5.41, 5.74) is 2.91. The fraction of sp³-hybridized carbons (Fsp3) is 0.444. The summed E-state index contributed by atoms with van der Waals surface area (Å²) < 4.78 is 5.12. The van der Waals surface area contributed by atoms with Gasteiger partial charge in [-0.1, -0.05) is 35.5 Å². The zero-order chi connectivity index (χ0) is 16.7. The van der Waals surface area contributed by atoms with Crippen LogP contribution in [-0.2, 0) is 11.2 Å². The molecule has 0 aliphatic carbocycles. The van der Waals surface area contributed by atoms with Crippen molar-refractivity contribution >= 4 is 5.91 Å². The maximum Gasteiger partial charge on any atom is 0.220 e. The Hall–Kier alpha value is -2.14. The van der Waals surface area contributed by atoms with E-state index in [-0.39, 0.29) is 18.6 Å². The molecule has 0 aliphatic rings. The second-order valence-corrected chi connectivity index (χ2v) is 5.70. The first kappa shape index (κ1) is 17.2. The summed E-state index contributed by atoms with van der Waals surface area (Å²) in [6, 6.07) is 9.79. The van der Waals surface area contributed by atoms with E-state index in [1.165, 1.54) is 0 Å². The van der Waals surface area contributed by atoms with E-state index in [2.05, 4.69) is 10.5 Å². The van der Waals surface area contributed by atoms with Crippen LogP contribution in [0.5, 0.6) is 0 Å². The monoisotopic (exact) mass is 316 g/mol. The quantitative estimate of drug-likeness (QED) is 0.785. The highest BCUT2D eigenvalue weighted by molar-refractivity contribution is 5.76. The van der Waals surface area contributed by atoms with Crippen LogP contribution in [0.4, 0.5) is 0 Å². The van der Waals surface area contributed by atoms with Gasteiger partial charge in [0.1, 0.15) is 5.76 Å². The first-order valence-electron chi connectivity index (χ1n) is 7.98. The third-order valence-corrected chi connectivity index (χ3v) is 3.97. The van der Waals surface area contributed by atoms with Gasteiger partial charge in [0.25, 0.3) is 0 Å². The third-order valence-electron chi connectivity index (χ3n) is 3.97. The summed E-state index contributed by atoms with van der Waals surface area (Å²) in [5.74, 6) is 0.770. The molecule has 23 heavy (non-hydrogen) atoms. The average Bonchev–Trinajstić information content (AvgIpc) is 2.88. The fourth-order valence-corrected chi connectivity index (χ4v) is 2.67. The summed E-state index contributed by atoms with van der Waals surface area (Å²) in [5, 5.41) is 16.0. The Morgan fingerprint density at radius 1 is 1.30 bits per heavy atom. The maximum atomic E-state index is 12.3. The zero-order valence-electron chi connectivity index (χ0n) is 13.7. The summed E-state index contributed by atoms with van der Waals surface area (Å²) in [7, 11) is 0. The number of aliphatic hydroxyl groups excluding tert-OH is 1. The zero-order valence-corrected chi connectivity index (χ0v) is 13.7. The molecule has 0 fully saturated rings. The minimum atomic E-state index is -0.0690. The van der Waals surface area contributed by atoms with Gasteiger partial charge in [-0.15, -0.1) is 0 Å². The molecule has 2 rings (SSSR count). The highest BCUT2D eigenvalue weighted by Crippen LogP contribution is 2.19. The number of aromatic nitrogens is 1. The number of nitrogens with one attached hydrogen (secondary N) is 1. The number of rotatable bonds is 8. The molecule has 1 aromatic heterocycles. The molecule has 2 aromatic rings. The SMILES string of the molecule is Cc1noc(C)c1CCC(=O)NC(CCCO)c1ccccc1. The Kier molecular flexibility index (Phi) is 6.35. The standard InChI is InChI=1S/C18H24N2O3/c1-13-16(14(2)23-20-13)10-11-18(22)19-17(9-6-12-21)15-7-4-3-5-8-15/h3-5,7-8,17,21H,6,9-12H2,1-2H3,(H,19,22). The van der Waals surface area contributed by atoms with Crippen LogP contribution in [0.2, 0.25) is 0 Å². The van der Waals surface area contributed by atoms with Gasteiger partial charge in [0.05, 0.1) is 11.7 Å². The predicted octanol–water partition coefficient (Wildman–Crippen LogP) is 2.85. The molecule has 124 valence electrons. The van der Waals surface area contributed by atoms with Gasteiger partial charge in [0.15, 0.2) is 0 Å². The Labute approximate surface area is 136 Å². The summed E-state index contributed by atoms with van der Waals surface area (Å²) in [4.78, 5) is 12.3. The number of benzene rings is 1. The molecule has 0 spiro atoms. The van der Waals surface area contributed by atoms with Gasteiger partial charge < -0.3 is 14.9 Å². The molecule has 1 amide bonds. The molecule has 1 aromatic carbocycles. The van der Waals surface area contributed by atoms with Crippen molar-refractivity contribution in [3.63, 3.8) is 0 Å². The topological polar surface area (TPSA) is 75.4 Å². The van der Waals surface area contributed by atoms with E-state index in [1.807, 2.05) is 44.2 Å². The third kappa shape index (κ3) is 4.93. The largest absolute Gasteiger partial charge is 0.396 e. The lowest BCUT2D eigenvalue weighted by Crippen LogP contribution is -2.29. The lowest BCUT2D eigenvalue weighted by atomic mass is 10.0. The Morgan fingerprint density at radius 2 is 2.04 bits per heavy atom. The van der Waals surface area contributed by atoms with E-state index in [4.69, 9.17) is 9.63 Å². The molecular formula is C18H24N2O3. The molecule has 0 radical (unpaired) electrons. The fourth-order valence-electron chi connectivity index (χ4n) is 2.67. The van der Waals surface area contributed by atoms with Crippen LogP contribution in [0.3, 0.4) is 0 Å². The molecule has 1 heterocycles. The molecule has 1 unspecified atom stereocenters. The average molecular weight is 316 g/mol. The van der Waals surface area contributed by atoms with E-state index in [0.717, 1.165) is 29.0 Å². The van der Waals surface area contributed by atoms with Crippen molar-refractivity contribution in [2.45, 2.75) is 45.6 Å². The van der Waals surface area contributed by atoms with E-state index >= 15 is 0 Å². The van der Waals surface area contributed by atoms with Gasteiger partial charge >= 0.3 is 0 Å². The van der Waals surface area contributed by atoms with Crippen molar-refractivity contribution in [2.24, 2.45) is 0 Å². The number of carbonyl (C=O) groups excluding carboxylic acids is 1. The lowest BCUT2D eigenvalue weighted by Gasteiger charge is -2.19. The highest BCUT2D eigenvalue weighted by atomic mass is 16.5. The molecule has 0 saturated carbocycles. The van der Waals surface area contributed by atoms with Gasteiger partial charge in [-0.25, -0.2) is 0 Å². The van der Waals surface area contributed by atoms with Gasteiger partial charge in [-0.3, -0.25) is 4.79 Å². The van der Waals surface area contributed by atoms with Crippen molar-refractivity contribution in [3.8, 4) is 0 Å². The van der Waals surface area contributed by atoms with Gasteiger partial charge in [0.2, 0.25) is 5.91 Å². The molecule has 5 heteroatoms. The van der Waals surface area contributed by atoms with Crippen LogP contribution in [0.25, 0.3) is 0 Å². The second-order valence-electron chi connectivity index (χ2n) is 5.70. The number of nitrogens with zero attached hydrogens (tertiary/aromatic N) is 1. The minimum absolute atomic E-state index is 0.00297. The predicted molar refractivity (Wildman–Crippen MR) is 87.9 cm³/mol. The van der Waals surface area contributed by atoms with Gasteiger partial charge in [0, 0.05) is 18.6 Å². The number of hydrogen-bond donors (Lipinski definition) is 2. The first-order valence-corrected chi connectivity index (χ1v) is 7.98. The Balaban J connectivity index is 1.95. The summed E-state index contributed by atoms with van der Waals surface area (Å²) in [6.45, 7) is 3.87. The van der Waals surface area contributed by atoms with E-state index in [0.29, 0.717) is 19.3 Å². The van der Waals surface area contributed by atoms with Crippen molar-refractivity contribution in [2.75, 3.05) is 6.61 Å². The number of aryl methyl sites for hydroxylation is 2. The smallest absolute Gasteiger partial charge is 0.220 e. The molecular weight excluding hydrogens is 292 g/mol. The van der Waals surface area contributed by atoms with Crippen molar-refractivity contribution in [1.82, 2.24) is 10.5 Å². The maximum absolute atomic E-state index is 12.3. The van der Waals surface area contributed by atoms with Crippen LogP contribution < -0.4 is 5.32 Å². The van der Waals surface area contributed by atoms with Gasteiger partial charge in [-0.2, -0.15) is 0 Å². The molecule has 2 N–H and O–H groups in total. The van der Waals surface area contributed by atoms with Crippen LogP contribution in [-0.4, -0.2) is 22.8 Å². The minimum Gasteiger partial charge on any atom is -0.396 e. The molecule has 5 nitrogen and oxygen atoms in total. The Bertz CT molecular complexity index is 603. The normalized spacial score (nSPS) is 12.1. The summed E-state index contributed by atoms with van der Waals surface area (Å²) >= 11 is 0. The van der Waals surface area contributed by atoms with E-state index in [9.17, 15) is 4.79 Å². The van der Waals surface area contributed by atoms with Crippen molar-refractivity contribution < 1.29 is 14.4 Å². The van der Waals surface area contributed by atoms with Crippen molar-refractivity contribution in [1.29, 1.82) is 0 Å². The lowest BCUT2D eigenvalue weighted by molar-refractivity contribution is -0.121. The number of hydrogen-bond acceptors (Lipinski definition) is 4. The summed E-state index contributed by atoms with van der Waals surface area (Å²) in [6.07, 6.45) is 2.39. The van der Waals surface area contributed by atoms with Crippen molar-refractivity contribution in [3.05, 3.63) is 52.9 Å². The second kappa shape index (κ2) is 8.48. The molecule has 0 aliphatic heterocycles. The van der Waals surface area contributed by atoms with Gasteiger partial charge in [-0.05, 0) is 38.7 Å².